The van der Waals surface area contributed by atoms with E-state index in [-0.39, 0.29) is 18.2 Å². The predicted molar refractivity (Wildman–Crippen MR) is 58.8 cm³/mol. The summed E-state index contributed by atoms with van der Waals surface area (Å²) in [5.41, 5.74) is 4.47. The third-order valence-corrected chi connectivity index (χ3v) is 2.79. The summed E-state index contributed by atoms with van der Waals surface area (Å²) < 4.78 is 41.4. The van der Waals surface area contributed by atoms with Crippen LogP contribution in [0.15, 0.2) is 5.38 Å². The van der Waals surface area contributed by atoms with Crippen LogP contribution in [0.5, 0.6) is 0 Å². The average Bonchev–Trinajstić information content (AvgIpc) is 2.74. The lowest BCUT2D eigenvalue weighted by atomic mass is 10.3. The molecule has 0 aromatic carbocycles. The zero-order chi connectivity index (χ0) is 13.8. The molecule has 18 heavy (non-hydrogen) atoms. The van der Waals surface area contributed by atoms with E-state index in [1.807, 2.05) is 0 Å². The van der Waals surface area contributed by atoms with E-state index < -0.39 is 23.8 Å². The fourth-order valence-corrected chi connectivity index (χ4v) is 1.81. The fourth-order valence-electron chi connectivity index (χ4n) is 1.07. The first-order valence-corrected chi connectivity index (χ1v) is 5.76. The molecule has 0 spiro atoms. The number of amides is 1. The van der Waals surface area contributed by atoms with E-state index in [1.165, 1.54) is 7.11 Å². The zero-order valence-electron chi connectivity index (χ0n) is 9.45. The van der Waals surface area contributed by atoms with Gasteiger partial charge in [0.15, 0.2) is 5.69 Å². The Hall–Kier alpha value is -1.19. The second-order valence-corrected chi connectivity index (χ2v) is 4.35. The summed E-state index contributed by atoms with van der Waals surface area (Å²) in [7, 11) is 1.39. The van der Waals surface area contributed by atoms with E-state index in [0.29, 0.717) is 0 Å². The summed E-state index contributed by atoms with van der Waals surface area (Å²) in [5, 5.41) is 3.45. The summed E-state index contributed by atoms with van der Waals surface area (Å²) in [6.07, 6.45) is -4.47. The zero-order valence-corrected chi connectivity index (χ0v) is 10.3. The van der Waals surface area contributed by atoms with Crippen molar-refractivity contribution in [3.8, 4) is 0 Å². The molecular formula is C9H12F3N3O2S. The Balaban J connectivity index is 2.49. The maximum Gasteiger partial charge on any atom is 0.434 e. The Morgan fingerprint density at radius 3 is 2.83 bits per heavy atom. The molecule has 0 saturated heterocycles. The Kier molecular flexibility index (Phi) is 5.05. The number of nitrogens with two attached hydrogens (primary N) is 1. The fraction of sp³-hybridized carbons (Fsp3) is 0.556. The normalized spacial score (nSPS) is 13.4. The van der Waals surface area contributed by atoms with Crippen LogP contribution < -0.4 is 11.1 Å². The molecule has 0 fully saturated rings. The highest BCUT2D eigenvalue weighted by atomic mass is 32.1. The second-order valence-electron chi connectivity index (χ2n) is 3.40. The smallest absolute Gasteiger partial charge is 0.383 e. The van der Waals surface area contributed by atoms with Gasteiger partial charge in [0.05, 0.1) is 13.2 Å². The minimum atomic E-state index is -4.47. The summed E-state index contributed by atoms with van der Waals surface area (Å²) in [5.74, 6) is -0.499. The molecule has 0 bridgehead atoms. The molecule has 0 aliphatic carbocycles. The van der Waals surface area contributed by atoms with Crippen LogP contribution in [0, 0.1) is 0 Å². The summed E-state index contributed by atoms with van der Waals surface area (Å²) in [6.45, 7) is -0.0471. The van der Waals surface area contributed by atoms with Crippen molar-refractivity contribution in [3.63, 3.8) is 0 Å². The first-order chi connectivity index (χ1) is 8.34. The standard InChI is InChI=1S/C9H12F3N3O2S/c1-17-3-5(13)8(16)14-2-7-15-6(4-18-7)9(10,11)12/h4-5H,2-3,13H2,1H3,(H,14,16). The van der Waals surface area contributed by atoms with E-state index in [9.17, 15) is 18.0 Å². The minimum absolute atomic E-state index is 0.0392. The Bertz CT molecular complexity index is 408. The van der Waals surface area contributed by atoms with Crippen LogP contribution in [0.2, 0.25) is 0 Å². The highest BCUT2D eigenvalue weighted by Gasteiger charge is 2.33. The van der Waals surface area contributed by atoms with Crippen LogP contribution in [0.25, 0.3) is 0 Å². The van der Waals surface area contributed by atoms with Crippen molar-refractivity contribution in [3.05, 3.63) is 16.1 Å². The Morgan fingerprint density at radius 2 is 2.33 bits per heavy atom. The number of halogens is 3. The van der Waals surface area contributed by atoms with Gasteiger partial charge in [0.25, 0.3) is 0 Å². The molecule has 0 radical (unpaired) electrons. The van der Waals surface area contributed by atoms with Crippen molar-refractivity contribution < 1.29 is 22.7 Å². The molecule has 0 aliphatic rings. The van der Waals surface area contributed by atoms with Gasteiger partial charge < -0.3 is 15.8 Å². The molecule has 5 nitrogen and oxygen atoms in total. The molecule has 3 N–H and O–H groups in total. The maximum absolute atomic E-state index is 12.2. The van der Waals surface area contributed by atoms with Gasteiger partial charge in [0.2, 0.25) is 5.91 Å². The van der Waals surface area contributed by atoms with Gasteiger partial charge in [-0.15, -0.1) is 11.3 Å². The number of carbonyl (C=O) groups excluding carboxylic acids is 1. The predicted octanol–water partition coefficient (Wildman–Crippen LogP) is 0.752. The van der Waals surface area contributed by atoms with Gasteiger partial charge in [-0.05, 0) is 0 Å². The van der Waals surface area contributed by atoms with Crippen LogP contribution in [0.3, 0.4) is 0 Å². The topological polar surface area (TPSA) is 77.2 Å². The van der Waals surface area contributed by atoms with Gasteiger partial charge in [-0.25, -0.2) is 4.98 Å². The van der Waals surface area contributed by atoms with Crippen molar-refractivity contribution in [1.82, 2.24) is 10.3 Å². The second kappa shape index (κ2) is 6.12. The number of alkyl halides is 3. The highest BCUT2D eigenvalue weighted by Crippen LogP contribution is 2.29. The molecule has 1 heterocycles. The number of nitrogens with one attached hydrogen (secondary N) is 1. The first-order valence-electron chi connectivity index (χ1n) is 4.88. The number of carbonyl (C=O) groups is 1. The minimum Gasteiger partial charge on any atom is -0.383 e. The third kappa shape index (κ3) is 4.24. The van der Waals surface area contributed by atoms with Gasteiger partial charge in [-0.2, -0.15) is 13.2 Å². The van der Waals surface area contributed by atoms with Crippen LogP contribution in [-0.4, -0.2) is 30.6 Å². The quantitative estimate of drug-likeness (QED) is 0.836. The van der Waals surface area contributed by atoms with Crippen molar-refractivity contribution in [2.75, 3.05) is 13.7 Å². The Morgan fingerprint density at radius 1 is 1.67 bits per heavy atom. The van der Waals surface area contributed by atoms with Gasteiger partial charge in [-0.1, -0.05) is 0 Å². The lowest BCUT2D eigenvalue weighted by Crippen LogP contribution is -2.43. The van der Waals surface area contributed by atoms with E-state index >= 15 is 0 Å². The van der Waals surface area contributed by atoms with Gasteiger partial charge in [0, 0.05) is 12.5 Å². The SMILES string of the molecule is COCC(N)C(=O)NCc1nc(C(F)(F)F)cs1. The van der Waals surface area contributed by atoms with Gasteiger partial charge in [-0.3, -0.25) is 4.79 Å². The number of thiazole rings is 1. The van der Waals surface area contributed by atoms with Crippen LogP contribution in [-0.2, 0) is 22.3 Å². The van der Waals surface area contributed by atoms with Crippen molar-refractivity contribution in [2.45, 2.75) is 18.8 Å². The lowest BCUT2D eigenvalue weighted by molar-refractivity contribution is -0.140. The summed E-state index contributed by atoms with van der Waals surface area (Å²) in [6, 6.07) is -0.850. The molecule has 102 valence electrons. The van der Waals surface area contributed by atoms with Gasteiger partial charge >= 0.3 is 6.18 Å². The molecule has 1 unspecified atom stereocenters. The van der Waals surface area contributed by atoms with Crippen LogP contribution >= 0.6 is 11.3 Å². The largest absolute Gasteiger partial charge is 0.434 e. The molecular weight excluding hydrogens is 271 g/mol. The monoisotopic (exact) mass is 283 g/mol. The molecule has 1 aromatic rings. The highest BCUT2D eigenvalue weighted by molar-refractivity contribution is 7.09. The Labute approximate surface area is 105 Å². The average molecular weight is 283 g/mol. The molecule has 1 atom stereocenters. The molecule has 9 heteroatoms. The van der Waals surface area contributed by atoms with Crippen LogP contribution in [0.1, 0.15) is 10.7 Å². The van der Waals surface area contributed by atoms with Crippen molar-refractivity contribution in [2.24, 2.45) is 5.73 Å². The number of ether oxygens (including phenoxy) is 1. The summed E-state index contributed by atoms with van der Waals surface area (Å²) in [4.78, 5) is 14.7. The number of nitrogens with zero attached hydrogens (tertiary/aromatic N) is 1. The number of hydrogen-bond donors (Lipinski definition) is 2. The van der Waals surface area contributed by atoms with E-state index in [0.717, 1.165) is 16.7 Å². The van der Waals surface area contributed by atoms with Crippen molar-refractivity contribution >= 4 is 17.2 Å². The number of rotatable bonds is 5. The number of aromatic nitrogens is 1. The first kappa shape index (κ1) is 14.9. The molecule has 1 aromatic heterocycles. The molecule has 1 rings (SSSR count). The van der Waals surface area contributed by atoms with E-state index in [2.05, 4.69) is 15.0 Å². The van der Waals surface area contributed by atoms with Crippen LogP contribution in [0.4, 0.5) is 13.2 Å². The lowest BCUT2D eigenvalue weighted by Gasteiger charge is -2.09. The van der Waals surface area contributed by atoms with E-state index in [1.54, 1.807) is 0 Å². The summed E-state index contributed by atoms with van der Waals surface area (Å²) >= 11 is 0.826. The third-order valence-electron chi connectivity index (χ3n) is 1.94. The molecule has 0 saturated carbocycles. The van der Waals surface area contributed by atoms with Gasteiger partial charge in [0.1, 0.15) is 11.0 Å². The number of methoxy groups -OCH3 is 1. The molecule has 0 aliphatic heterocycles. The maximum atomic E-state index is 12.2. The molecule has 1 amide bonds. The van der Waals surface area contributed by atoms with E-state index in [4.69, 9.17) is 5.73 Å². The van der Waals surface area contributed by atoms with Crippen molar-refractivity contribution in [1.29, 1.82) is 0 Å². The number of hydrogen-bond acceptors (Lipinski definition) is 5.